The minimum absolute atomic E-state index is 0. The van der Waals surface area contributed by atoms with Gasteiger partial charge < -0.3 is 30.4 Å². The van der Waals surface area contributed by atoms with Gasteiger partial charge in [0.15, 0.2) is 0 Å². The van der Waals surface area contributed by atoms with Gasteiger partial charge in [-0.3, -0.25) is 9.59 Å². The fourth-order valence-electron chi connectivity index (χ4n) is 0.972. The van der Waals surface area contributed by atoms with Crippen molar-refractivity contribution in [3.63, 3.8) is 0 Å². The number of carboxylic acid groups (broad SMARTS) is 2. The second-order valence-corrected chi connectivity index (χ2v) is 3.80. The Kier molecular flexibility index (Phi) is 20.6. The number of carbonyl (C=O) groups is 4. The van der Waals surface area contributed by atoms with Crippen molar-refractivity contribution in [3.05, 3.63) is 0 Å². The van der Waals surface area contributed by atoms with Crippen molar-refractivity contribution in [1.82, 2.24) is 10.6 Å². The van der Waals surface area contributed by atoms with Crippen molar-refractivity contribution in [2.75, 3.05) is 13.1 Å². The van der Waals surface area contributed by atoms with E-state index in [4.69, 9.17) is 0 Å². The molecule has 9 heteroatoms. The van der Waals surface area contributed by atoms with Crippen LogP contribution in [0.4, 0.5) is 0 Å². The average Bonchev–Trinajstić information content (AvgIpc) is 2.35. The summed E-state index contributed by atoms with van der Waals surface area (Å²) in [6, 6.07) is 0. The van der Waals surface area contributed by atoms with E-state index in [0.29, 0.717) is 12.8 Å². The zero-order valence-corrected chi connectivity index (χ0v) is 14.6. The van der Waals surface area contributed by atoms with Gasteiger partial charge in [-0.15, -0.1) is 0 Å². The second-order valence-electron chi connectivity index (χ2n) is 3.80. The first-order valence-electron chi connectivity index (χ1n) is 6.26. The first kappa shape index (κ1) is 25.1. The van der Waals surface area contributed by atoms with Crippen LogP contribution < -0.4 is 20.8 Å². The van der Waals surface area contributed by atoms with Crippen molar-refractivity contribution in [2.45, 2.75) is 39.5 Å². The number of carbonyl (C=O) groups excluding carboxylic acids is 4. The summed E-state index contributed by atoms with van der Waals surface area (Å²) < 4.78 is 0. The maximum absolute atomic E-state index is 10.5. The zero-order chi connectivity index (χ0) is 16.0. The molecule has 21 heavy (non-hydrogen) atoms. The Morgan fingerprint density at radius 3 is 1.24 bits per heavy atom. The molecule has 0 fully saturated rings. The summed E-state index contributed by atoms with van der Waals surface area (Å²) in [5, 5.41) is 23.9. The summed E-state index contributed by atoms with van der Waals surface area (Å²) >= 11 is 0. The molecular formula is C12H20CaN2O6. The van der Waals surface area contributed by atoms with E-state index in [1.165, 1.54) is 0 Å². The third-order valence-electron chi connectivity index (χ3n) is 1.81. The summed E-state index contributed by atoms with van der Waals surface area (Å²) in [7, 11) is 0. The Balaban J connectivity index is -0.000000295. The first-order valence-corrected chi connectivity index (χ1v) is 6.26. The summed E-state index contributed by atoms with van der Waals surface area (Å²) in [6.45, 7) is 2.91. The van der Waals surface area contributed by atoms with Crippen molar-refractivity contribution in [3.8, 4) is 0 Å². The molecule has 0 saturated carbocycles. The molecular weight excluding hydrogens is 308 g/mol. The van der Waals surface area contributed by atoms with Gasteiger partial charge in [-0.25, -0.2) is 0 Å². The Morgan fingerprint density at radius 1 is 0.762 bits per heavy atom. The molecule has 0 unspecified atom stereocenters. The van der Waals surface area contributed by atoms with Crippen LogP contribution in [0.25, 0.3) is 0 Å². The first-order chi connectivity index (χ1) is 9.33. The molecule has 0 atom stereocenters. The third-order valence-corrected chi connectivity index (χ3v) is 1.81. The summed E-state index contributed by atoms with van der Waals surface area (Å²) in [6.07, 6.45) is 2.18. The molecule has 0 aliphatic heterocycles. The van der Waals surface area contributed by atoms with Crippen LogP contribution in [0.3, 0.4) is 0 Å². The smallest absolute Gasteiger partial charge is 0.548 e. The molecule has 0 aromatic heterocycles. The molecule has 0 rings (SSSR count). The third kappa shape index (κ3) is 24.5. The monoisotopic (exact) mass is 328 g/mol. The van der Waals surface area contributed by atoms with Crippen LogP contribution in [0.15, 0.2) is 0 Å². The Hall–Kier alpha value is -0.860. The quantitative estimate of drug-likeness (QED) is 0.453. The molecule has 0 saturated heterocycles. The molecule has 0 radical (unpaired) electrons. The number of hydrogen-bond donors (Lipinski definition) is 2. The van der Waals surface area contributed by atoms with E-state index in [2.05, 4.69) is 10.6 Å². The molecule has 0 spiro atoms. The van der Waals surface area contributed by atoms with Crippen molar-refractivity contribution < 1.29 is 29.4 Å². The predicted molar refractivity (Wildman–Crippen MR) is 71.6 cm³/mol. The van der Waals surface area contributed by atoms with Crippen LogP contribution in [0, 0.1) is 0 Å². The van der Waals surface area contributed by atoms with E-state index in [-0.39, 0.29) is 49.6 Å². The standard InChI is InChI=1S/2C6H11NO3.Ca/c2*1-2-3-5(8)7-4-6(9)10;/h2*2-4H2,1H3,(H,7,8)(H,9,10);/q;;+2/p-2. The number of amides is 2. The maximum Gasteiger partial charge on any atom is 2.00 e. The normalized spacial score (nSPS) is 8.48. The molecule has 0 heterocycles. The van der Waals surface area contributed by atoms with Gasteiger partial charge in [-0.1, -0.05) is 13.8 Å². The average molecular weight is 328 g/mol. The fraction of sp³-hybridized carbons (Fsp3) is 0.667. The van der Waals surface area contributed by atoms with Crippen LogP contribution in [-0.4, -0.2) is 74.6 Å². The molecule has 0 aliphatic carbocycles. The second kappa shape index (κ2) is 17.2. The van der Waals surface area contributed by atoms with Crippen molar-refractivity contribution in [1.29, 1.82) is 0 Å². The minimum Gasteiger partial charge on any atom is -0.548 e. The van der Waals surface area contributed by atoms with Gasteiger partial charge in [0.05, 0.1) is 25.0 Å². The molecule has 0 aromatic rings. The maximum atomic E-state index is 10.5. The summed E-state index contributed by atoms with van der Waals surface area (Å²) in [4.78, 5) is 40.7. The van der Waals surface area contributed by atoms with E-state index < -0.39 is 25.0 Å². The topological polar surface area (TPSA) is 138 Å². The van der Waals surface area contributed by atoms with Gasteiger partial charge in [0.25, 0.3) is 0 Å². The van der Waals surface area contributed by atoms with Gasteiger partial charge >= 0.3 is 37.7 Å². The summed E-state index contributed by atoms with van der Waals surface area (Å²) in [5.41, 5.74) is 0. The predicted octanol–water partition coefficient (Wildman–Crippen LogP) is -3.08. The zero-order valence-electron chi connectivity index (χ0n) is 12.4. The van der Waals surface area contributed by atoms with Crippen LogP contribution in [-0.2, 0) is 19.2 Å². The van der Waals surface area contributed by atoms with E-state index in [9.17, 15) is 29.4 Å². The van der Waals surface area contributed by atoms with Crippen molar-refractivity contribution in [2.24, 2.45) is 0 Å². The number of nitrogens with one attached hydrogen (secondary N) is 2. The van der Waals surface area contributed by atoms with Gasteiger partial charge in [0.1, 0.15) is 0 Å². The fourth-order valence-corrected chi connectivity index (χ4v) is 0.972. The number of carboxylic acids is 2. The van der Waals surface area contributed by atoms with Gasteiger partial charge in [0, 0.05) is 12.8 Å². The van der Waals surface area contributed by atoms with E-state index >= 15 is 0 Å². The van der Waals surface area contributed by atoms with Crippen LogP contribution in [0.1, 0.15) is 39.5 Å². The Labute approximate surface area is 153 Å². The number of hydrogen-bond acceptors (Lipinski definition) is 6. The number of aliphatic carboxylic acids is 2. The van der Waals surface area contributed by atoms with Crippen LogP contribution in [0.5, 0.6) is 0 Å². The minimum atomic E-state index is -1.26. The Morgan fingerprint density at radius 2 is 1.05 bits per heavy atom. The number of rotatable bonds is 8. The molecule has 116 valence electrons. The van der Waals surface area contributed by atoms with Crippen molar-refractivity contribution >= 4 is 61.5 Å². The molecule has 0 aliphatic rings. The SMILES string of the molecule is CCCC(=O)NCC(=O)[O-].CCCC(=O)NCC(=O)[O-].[Ca+2]. The van der Waals surface area contributed by atoms with Gasteiger partial charge in [0.2, 0.25) is 11.8 Å². The molecule has 2 N–H and O–H groups in total. The van der Waals surface area contributed by atoms with Gasteiger partial charge in [-0.2, -0.15) is 0 Å². The van der Waals surface area contributed by atoms with Crippen LogP contribution >= 0.6 is 0 Å². The molecule has 8 nitrogen and oxygen atoms in total. The molecule has 0 aromatic carbocycles. The largest absolute Gasteiger partial charge is 2.00 e. The summed E-state index contributed by atoms with van der Waals surface area (Å²) in [5.74, 6) is -3.01. The van der Waals surface area contributed by atoms with E-state index in [1.807, 2.05) is 13.8 Å². The van der Waals surface area contributed by atoms with Gasteiger partial charge in [-0.05, 0) is 12.8 Å². The van der Waals surface area contributed by atoms with Crippen LogP contribution in [0.2, 0.25) is 0 Å². The Bertz CT molecular complexity index is 304. The van der Waals surface area contributed by atoms with E-state index in [1.54, 1.807) is 0 Å². The molecule has 2 amide bonds. The molecule has 0 bridgehead atoms. The van der Waals surface area contributed by atoms with E-state index in [0.717, 1.165) is 12.8 Å².